The summed E-state index contributed by atoms with van der Waals surface area (Å²) in [6, 6.07) is 10.6. The number of anilines is 4. The van der Waals surface area contributed by atoms with Crippen molar-refractivity contribution in [2.75, 3.05) is 29.3 Å². The number of hydrogen-bond acceptors (Lipinski definition) is 8. The molecule has 194 valence electrons. The third-order valence-electron chi connectivity index (χ3n) is 6.62. The number of amides is 2. The van der Waals surface area contributed by atoms with Crippen molar-refractivity contribution in [1.29, 1.82) is 0 Å². The summed E-state index contributed by atoms with van der Waals surface area (Å²) in [6.07, 6.45) is 1.02. The second kappa shape index (κ2) is 10.2. The fourth-order valence-corrected chi connectivity index (χ4v) is 4.84. The molecule has 0 saturated heterocycles. The van der Waals surface area contributed by atoms with Crippen LogP contribution in [-0.2, 0) is 6.54 Å². The predicted molar refractivity (Wildman–Crippen MR) is 135 cm³/mol. The highest BCUT2D eigenvalue weighted by Gasteiger charge is 2.41. The number of aromatic nitrogens is 2. The van der Waals surface area contributed by atoms with Crippen LogP contribution in [0.3, 0.4) is 0 Å². The number of ether oxygens (including phenoxy) is 2. The number of aliphatic hydroxyl groups excluding tert-OH is 2. The van der Waals surface area contributed by atoms with Gasteiger partial charge in [0.1, 0.15) is 11.6 Å². The number of benzene rings is 2. The van der Waals surface area contributed by atoms with E-state index in [0.29, 0.717) is 41.3 Å². The van der Waals surface area contributed by atoms with Gasteiger partial charge in [0, 0.05) is 35.2 Å². The number of carbonyl (C=O) groups excluding carboxylic acids is 1. The number of nitrogens with zero attached hydrogens (tertiary/aromatic N) is 4. The van der Waals surface area contributed by atoms with Crippen LogP contribution in [0.5, 0.6) is 11.5 Å². The molecule has 3 aromatic rings. The maximum absolute atomic E-state index is 13.9. The zero-order valence-corrected chi connectivity index (χ0v) is 20.5. The zero-order valence-electron chi connectivity index (χ0n) is 20.5. The molecular weight excluding hydrogens is 481 g/mol. The number of carbonyl (C=O) groups is 1. The van der Waals surface area contributed by atoms with E-state index >= 15 is 0 Å². The van der Waals surface area contributed by atoms with Gasteiger partial charge in [-0.1, -0.05) is 0 Å². The Bertz CT molecular complexity index is 1280. The molecule has 11 heteroatoms. The standard InChI is InChI=1S/C26H28FN5O5/c1-36-21-6-4-17(5-7-21)31-14-15-13-28-25(29-16-3-8-22(27)23(9-16)37-2)30-24(15)32(26(31)35)18-10-19(33)12-20(34)11-18/h3-9,13,18-20,33-34H,10-12,14H2,1-2H3,(H,28,29,30)/t18?,19-,20+. The fraction of sp³-hybridized carbons (Fsp3) is 0.346. The number of hydrogen-bond donors (Lipinski definition) is 3. The Morgan fingerprint density at radius 2 is 1.76 bits per heavy atom. The van der Waals surface area contributed by atoms with Gasteiger partial charge in [-0.05, 0) is 55.7 Å². The van der Waals surface area contributed by atoms with Crippen molar-refractivity contribution < 1.29 is 28.9 Å². The minimum absolute atomic E-state index is 0.0695. The van der Waals surface area contributed by atoms with Crippen molar-refractivity contribution in [3.63, 3.8) is 0 Å². The molecule has 1 saturated carbocycles. The minimum Gasteiger partial charge on any atom is -0.497 e. The molecule has 2 amide bonds. The maximum atomic E-state index is 13.9. The number of methoxy groups -OCH3 is 2. The van der Waals surface area contributed by atoms with Crippen LogP contribution in [-0.4, -0.2) is 58.7 Å². The van der Waals surface area contributed by atoms with Gasteiger partial charge >= 0.3 is 6.03 Å². The van der Waals surface area contributed by atoms with E-state index in [9.17, 15) is 19.4 Å². The summed E-state index contributed by atoms with van der Waals surface area (Å²) in [6.45, 7) is 0.236. The van der Waals surface area contributed by atoms with Gasteiger partial charge in [-0.25, -0.2) is 14.2 Å². The lowest BCUT2D eigenvalue weighted by Crippen LogP contribution is -2.55. The zero-order chi connectivity index (χ0) is 26.1. The molecule has 2 heterocycles. The third-order valence-corrected chi connectivity index (χ3v) is 6.62. The molecule has 37 heavy (non-hydrogen) atoms. The fourth-order valence-electron chi connectivity index (χ4n) is 4.84. The third kappa shape index (κ3) is 5.00. The normalized spacial score (nSPS) is 21.4. The van der Waals surface area contributed by atoms with Gasteiger partial charge in [-0.2, -0.15) is 4.98 Å². The van der Waals surface area contributed by atoms with E-state index in [4.69, 9.17) is 9.47 Å². The Labute approximate surface area is 213 Å². The molecule has 5 rings (SSSR count). The number of nitrogens with one attached hydrogen (secondary N) is 1. The Kier molecular flexibility index (Phi) is 6.81. The van der Waals surface area contributed by atoms with E-state index in [0.717, 1.165) is 0 Å². The van der Waals surface area contributed by atoms with Gasteiger partial charge in [-0.15, -0.1) is 0 Å². The van der Waals surface area contributed by atoms with Crippen molar-refractivity contribution >= 4 is 29.2 Å². The first-order valence-electron chi connectivity index (χ1n) is 11.9. The number of urea groups is 1. The predicted octanol–water partition coefficient (Wildman–Crippen LogP) is 3.60. The van der Waals surface area contributed by atoms with Crippen molar-refractivity contribution in [3.8, 4) is 11.5 Å². The molecule has 3 N–H and O–H groups in total. The van der Waals surface area contributed by atoms with Gasteiger partial charge in [0.2, 0.25) is 5.95 Å². The summed E-state index contributed by atoms with van der Waals surface area (Å²) >= 11 is 0. The summed E-state index contributed by atoms with van der Waals surface area (Å²) in [7, 11) is 2.95. The van der Waals surface area contributed by atoms with E-state index in [2.05, 4.69) is 15.3 Å². The molecule has 1 fully saturated rings. The summed E-state index contributed by atoms with van der Waals surface area (Å²) in [4.78, 5) is 26.1. The van der Waals surface area contributed by atoms with Crippen LogP contribution in [0, 0.1) is 5.82 Å². The smallest absolute Gasteiger partial charge is 0.330 e. The van der Waals surface area contributed by atoms with Gasteiger partial charge in [0.05, 0.1) is 33.0 Å². The summed E-state index contributed by atoms with van der Waals surface area (Å²) in [5.41, 5.74) is 1.88. The van der Waals surface area contributed by atoms with Crippen LogP contribution in [0.2, 0.25) is 0 Å². The van der Waals surface area contributed by atoms with Gasteiger partial charge in [-0.3, -0.25) is 9.80 Å². The van der Waals surface area contributed by atoms with Crippen LogP contribution < -0.4 is 24.6 Å². The monoisotopic (exact) mass is 509 g/mol. The van der Waals surface area contributed by atoms with Crippen LogP contribution in [0.15, 0.2) is 48.7 Å². The van der Waals surface area contributed by atoms with E-state index in [1.54, 1.807) is 42.5 Å². The minimum atomic E-state index is -0.743. The molecular formula is C26H28FN5O5. The summed E-state index contributed by atoms with van der Waals surface area (Å²) in [5, 5.41) is 23.8. The van der Waals surface area contributed by atoms with Crippen molar-refractivity contribution in [2.45, 2.75) is 44.1 Å². The van der Waals surface area contributed by atoms with E-state index in [-0.39, 0.29) is 30.7 Å². The molecule has 3 atom stereocenters. The Morgan fingerprint density at radius 1 is 1.03 bits per heavy atom. The number of fused-ring (bicyclic) bond motifs is 1. The summed E-state index contributed by atoms with van der Waals surface area (Å²) in [5.74, 6) is 0.845. The highest BCUT2D eigenvalue weighted by atomic mass is 19.1. The first-order chi connectivity index (χ1) is 17.9. The quantitative estimate of drug-likeness (QED) is 0.461. The second-order valence-corrected chi connectivity index (χ2v) is 9.12. The van der Waals surface area contributed by atoms with Crippen molar-refractivity contribution in [1.82, 2.24) is 9.97 Å². The van der Waals surface area contributed by atoms with Crippen LogP contribution in [0.1, 0.15) is 24.8 Å². The highest BCUT2D eigenvalue weighted by Crippen LogP contribution is 2.37. The van der Waals surface area contributed by atoms with E-state index < -0.39 is 24.1 Å². The lowest BCUT2D eigenvalue weighted by atomic mass is 9.89. The average Bonchev–Trinajstić information content (AvgIpc) is 2.89. The Morgan fingerprint density at radius 3 is 2.43 bits per heavy atom. The molecule has 0 radical (unpaired) electrons. The average molecular weight is 510 g/mol. The topological polar surface area (TPSA) is 120 Å². The second-order valence-electron chi connectivity index (χ2n) is 9.12. The first-order valence-corrected chi connectivity index (χ1v) is 11.9. The van der Waals surface area contributed by atoms with Crippen LogP contribution >= 0.6 is 0 Å². The number of halogens is 1. The SMILES string of the molecule is COc1ccc(N2Cc3cnc(Nc4ccc(F)c(OC)c4)nc3N(C3C[C@@H](O)C[C@@H](O)C3)C2=O)cc1. The largest absolute Gasteiger partial charge is 0.497 e. The van der Waals surface area contributed by atoms with Gasteiger partial charge in [0.25, 0.3) is 0 Å². The molecule has 1 unspecified atom stereocenters. The Balaban J connectivity index is 1.52. The number of aliphatic hydroxyl groups is 2. The molecule has 0 spiro atoms. The lowest BCUT2D eigenvalue weighted by molar-refractivity contribution is 0.0314. The molecule has 0 bridgehead atoms. The molecule has 2 aliphatic rings. The maximum Gasteiger partial charge on any atom is 0.330 e. The molecule has 1 aliphatic heterocycles. The first kappa shape index (κ1) is 24.7. The number of rotatable bonds is 6. The van der Waals surface area contributed by atoms with Crippen LogP contribution in [0.4, 0.5) is 32.3 Å². The van der Waals surface area contributed by atoms with Gasteiger partial charge < -0.3 is 25.0 Å². The molecule has 2 aromatic carbocycles. The van der Waals surface area contributed by atoms with E-state index in [1.165, 1.54) is 30.2 Å². The van der Waals surface area contributed by atoms with Crippen molar-refractivity contribution in [3.05, 3.63) is 60.0 Å². The molecule has 1 aromatic heterocycles. The van der Waals surface area contributed by atoms with Gasteiger partial charge in [0.15, 0.2) is 11.6 Å². The summed E-state index contributed by atoms with van der Waals surface area (Å²) < 4.78 is 24.1. The Hall–Kier alpha value is -3.96. The molecule has 10 nitrogen and oxygen atoms in total. The van der Waals surface area contributed by atoms with Crippen LogP contribution in [0.25, 0.3) is 0 Å². The lowest BCUT2D eigenvalue weighted by Gasteiger charge is -2.43. The molecule has 1 aliphatic carbocycles. The van der Waals surface area contributed by atoms with Crippen molar-refractivity contribution in [2.24, 2.45) is 0 Å². The highest BCUT2D eigenvalue weighted by molar-refractivity contribution is 6.06. The van der Waals surface area contributed by atoms with E-state index in [1.807, 2.05) is 0 Å².